The van der Waals surface area contributed by atoms with Crippen molar-refractivity contribution < 1.29 is 0 Å². The zero-order valence-corrected chi connectivity index (χ0v) is 9.38. The lowest BCUT2D eigenvalue weighted by atomic mass is 10.0. The monoisotopic (exact) mass is 195 g/mol. The normalized spacial score (nSPS) is 15.4. The van der Waals surface area contributed by atoms with Crippen molar-refractivity contribution in [3.63, 3.8) is 0 Å². The van der Waals surface area contributed by atoms with E-state index >= 15 is 0 Å². The van der Waals surface area contributed by atoms with Crippen molar-refractivity contribution in [2.45, 2.75) is 46.2 Å². The van der Waals surface area contributed by atoms with E-state index in [1.807, 2.05) is 6.20 Å². The molecule has 3 nitrogen and oxygen atoms in total. The number of imidazole rings is 1. The fourth-order valence-corrected chi connectivity index (χ4v) is 1.52. The number of hydrogen-bond acceptors (Lipinski definition) is 2. The maximum atomic E-state index is 3.98. The Morgan fingerprint density at radius 2 is 2.29 bits per heavy atom. The smallest absolute Gasteiger partial charge is 0.0922 e. The van der Waals surface area contributed by atoms with E-state index in [1.165, 1.54) is 12.8 Å². The van der Waals surface area contributed by atoms with Crippen LogP contribution >= 0.6 is 0 Å². The van der Waals surface area contributed by atoms with E-state index in [1.54, 1.807) is 6.33 Å². The van der Waals surface area contributed by atoms with Gasteiger partial charge in [0.05, 0.1) is 6.33 Å². The van der Waals surface area contributed by atoms with Crippen LogP contribution in [0.25, 0.3) is 0 Å². The van der Waals surface area contributed by atoms with Gasteiger partial charge in [0.25, 0.3) is 0 Å². The number of nitrogens with zero attached hydrogens (tertiary/aromatic N) is 1. The first-order chi connectivity index (χ1) is 6.72. The summed E-state index contributed by atoms with van der Waals surface area (Å²) in [7, 11) is 0. The molecular formula is C11H21N3. The minimum absolute atomic E-state index is 0.577. The SMILES string of the molecule is CCC(C)CC(C)NCc1cnc[nH]1. The molecule has 1 rings (SSSR count). The predicted octanol–water partition coefficient (Wildman–Crippen LogP) is 2.32. The van der Waals surface area contributed by atoms with Crippen LogP contribution in [0.5, 0.6) is 0 Å². The van der Waals surface area contributed by atoms with E-state index in [-0.39, 0.29) is 0 Å². The molecule has 0 saturated heterocycles. The van der Waals surface area contributed by atoms with Gasteiger partial charge in [-0.15, -0.1) is 0 Å². The second-order valence-electron chi connectivity index (χ2n) is 4.11. The number of H-pyrrole nitrogens is 1. The molecule has 3 heteroatoms. The van der Waals surface area contributed by atoms with Crippen molar-refractivity contribution in [1.29, 1.82) is 0 Å². The quantitative estimate of drug-likeness (QED) is 0.731. The second kappa shape index (κ2) is 5.81. The molecule has 0 aliphatic rings. The largest absolute Gasteiger partial charge is 0.347 e. The second-order valence-corrected chi connectivity index (χ2v) is 4.11. The van der Waals surface area contributed by atoms with Crippen LogP contribution in [0.1, 0.15) is 39.3 Å². The summed E-state index contributed by atoms with van der Waals surface area (Å²) in [5.41, 5.74) is 1.15. The number of aromatic amines is 1. The molecular weight excluding hydrogens is 174 g/mol. The van der Waals surface area contributed by atoms with Crippen molar-refractivity contribution in [2.75, 3.05) is 0 Å². The highest BCUT2D eigenvalue weighted by molar-refractivity contribution is 4.93. The standard InChI is InChI=1S/C11H21N3/c1-4-9(2)5-10(3)13-7-11-6-12-8-14-11/h6,8-10,13H,4-5,7H2,1-3H3,(H,12,14). The van der Waals surface area contributed by atoms with Crippen LogP contribution in [0.15, 0.2) is 12.5 Å². The average molecular weight is 195 g/mol. The van der Waals surface area contributed by atoms with Crippen LogP contribution in [0.2, 0.25) is 0 Å². The van der Waals surface area contributed by atoms with Crippen LogP contribution in [0, 0.1) is 5.92 Å². The fourth-order valence-electron chi connectivity index (χ4n) is 1.52. The van der Waals surface area contributed by atoms with Gasteiger partial charge in [0.1, 0.15) is 0 Å². The van der Waals surface area contributed by atoms with Gasteiger partial charge < -0.3 is 10.3 Å². The lowest BCUT2D eigenvalue weighted by Gasteiger charge is -2.16. The Bertz CT molecular complexity index is 231. The summed E-state index contributed by atoms with van der Waals surface area (Å²) in [4.78, 5) is 7.07. The summed E-state index contributed by atoms with van der Waals surface area (Å²) < 4.78 is 0. The van der Waals surface area contributed by atoms with Gasteiger partial charge in [0.15, 0.2) is 0 Å². The number of nitrogens with one attached hydrogen (secondary N) is 2. The van der Waals surface area contributed by atoms with Gasteiger partial charge in [-0.05, 0) is 19.3 Å². The molecule has 0 aliphatic carbocycles. The third kappa shape index (κ3) is 3.92. The van der Waals surface area contributed by atoms with Gasteiger partial charge in [-0.2, -0.15) is 0 Å². The molecule has 0 saturated carbocycles. The molecule has 0 aromatic carbocycles. The van der Waals surface area contributed by atoms with Crippen molar-refractivity contribution in [3.05, 3.63) is 18.2 Å². The Kier molecular flexibility index (Phi) is 4.66. The van der Waals surface area contributed by atoms with Crippen molar-refractivity contribution in [3.8, 4) is 0 Å². The molecule has 14 heavy (non-hydrogen) atoms. The van der Waals surface area contributed by atoms with E-state index in [0.29, 0.717) is 6.04 Å². The summed E-state index contributed by atoms with van der Waals surface area (Å²) in [6.07, 6.45) is 6.08. The number of rotatable bonds is 6. The first-order valence-corrected chi connectivity index (χ1v) is 5.43. The average Bonchev–Trinajstić information content (AvgIpc) is 2.67. The van der Waals surface area contributed by atoms with Crippen LogP contribution in [-0.4, -0.2) is 16.0 Å². The van der Waals surface area contributed by atoms with Crippen LogP contribution in [0.3, 0.4) is 0 Å². The van der Waals surface area contributed by atoms with Crippen molar-refractivity contribution in [2.24, 2.45) is 5.92 Å². The summed E-state index contributed by atoms with van der Waals surface area (Å²) in [6, 6.07) is 0.577. The summed E-state index contributed by atoms with van der Waals surface area (Å²) in [5, 5.41) is 3.48. The summed E-state index contributed by atoms with van der Waals surface area (Å²) >= 11 is 0. The maximum absolute atomic E-state index is 3.98. The molecule has 2 unspecified atom stereocenters. The minimum Gasteiger partial charge on any atom is -0.347 e. The topological polar surface area (TPSA) is 40.7 Å². The molecule has 0 aliphatic heterocycles. The van der Waals surface area contributed by atoms with Gasteiger partial charge in [-0.1, -0.05) is 20.3 Å². The van der Waals surface area contributed by atoms with E-state index < -0.39 is 0 Å². The molecule has 0 bridgehead atoms. The molecule has 1 aromatic rings. The number of aromatic nitrogens is 2. The first-order valence-electron chi connectivity index (χ1n) is 5.43. The highest BCUT2D eigenvalue weighted by Gasteiger charge is 2.06. The molecule has 0 spiro atoms. The lowest BCUT2D eigenvalue weighted by molar-refractivity contribution is 0.411. The van der Waals surface area contributed by atoms with E-state index in [2.05, 4.69) is 36.1 Å². The predicted molar refractivity (Wildman–Crippen MR) is 59.0 cm³/mol. The minimum atomic E-state index is 0.577. The van der Waals surface area contributed by atoms with Gasteiger partial charge in [-0.3, -0.25) is 0 Å². The molecule has 1 heterocycles. The molecule has 2 N–H and O–H groups in total. The van der Waals surface area contributed by atoms with Gasteiger partial charge in [0.2, 0.25) is 0 Å². The highest BCUT2D eigenvalue weighted by atomic mass is 14.9. The van der Waals surface area contributed by atoms with Gasteiger partial charge in [0, 0.05) is 24.5 Å². The Morgan fingerprint density at radius 1 is 1.50 bits per heavy atom. The van der Waals surface area contributed by atoms with E-state index in [9.17, 15) is 0 Å². The van der Waals surface area contributed by atoms with Crippen LogP contribution in [-0.2, 0) is 6.54 Å². The van der Waals surface area contributed by atoms with Gasteiger partial charge in [-0.25, -0.2) is 4.98 Å². The van der Waals surface area contributed by atoms with Crippen molar-refractivity contribution in [1.82, 2.24) is 15.3 Å². The molecule has 0 radical (unpaired) electrons. The Labute approximate surface area is 86.3 Å². The van der Waals surface area contributed by atoms with Crippen molar-refractivity contribution >= 4 is 0 Å². The lowest BCUT2D eigenvalue weighted by Crippen LogP contribution is -2.27. The van der Waals surface area contributed by atoms with Crippen LogP contribution in [0.4, 0.5) is 0 Å². The Hall–Kier alpha value is -0.830. The molecule has 0 amide bonds. The Balaban J connectivity index is 2.18. The van der Waals surface area contributed by atoms with E-state index in [0.717, 1.165) is 18.2 Å². The third-order valence-corrected chi connectivity index (χ3v) is 2.65. The molecule has 2 atom stereocenters. The number of hydrogen-bond donors (Lipinski definition) is 2. The van der Waals surface area contributed by atoms with E-state index in [4.69, 9.17) is 0 Å². The Morgan fingerprint density at radius 3 is 2.86 bits per heavy atom. The zero-order valence-electron chi connectivity index (χ0n) is 9.38. The summed E-state index contributed by atoms with van der Waals surface area (Å²) in [6.45, 7) is 7.67. The maximum Gasteiger partial charge on any atom is 0.0922 e. The zero-order chi connectivity index (χ0) is 10.4. The highest BCUT2D eigenvalue weighted by Crippen LogP contribution is 2.09. The summed E-state index contributed by atoms with van der Waals surface area (Å²) in [5.74, 6) is 0.805. The molecule has 1 aromatic heterocycles. The van der Waals surface area contributed by atoms with Crippen LogP contribution < -0.4 is 5.32 Å². The van der Waals surface area contributed by atoms with Gasteiger partial charge >= 0.3 is 0 Å². The third-order valence-electron chi connectivity index (χ3n) is 2.65. The molecule has 80 valence electrons. The fraction of sp³-hybridized carbons (Fsp3) is 0.727. The molecule has 0 fully saturated rings. The first kappa shape index (κ1) is 11.2.